The molecule has 1 saturated heterocycles. The first-order chi connectivity index (χ1) is 9.55. The van der Waals surface area contributed by atoms with Gasteiger partial charge in [0.25, 0.3) is 0 Å². The number of carbonyl (C=O) groups excluding carboxylic acids is 1. The van der Waals surface area contributed by atoms with Crippen molar-refractivity contribution in [3.63, 3.8) is 0 Å². The van der Waals surface area contributed by atoms with Crippen molar-refractivity contribution in [1.29, 1.82) is 0 Å². The maximum atomic E-state index is 12.2. The van der Waals surface area contributed by atoms with Crippen LogP contribution >= 0.6 is 0 Å². The van der Waals surface area contributed by atoms with Crippen LogP contribution in [-0.4, -0.2) is 37.3 Å². The van der Waals surface area contributed by atoms with E-state index in [1.165, 1.54) is 13.2 Å². The number of rotatable bonds is 2. The number of aromatic carboxylic acids is 1. The van der Waals surface area contributed by atoms with Crippen molar-refractivity contribution in [2.24, 2.45) is 5.41 Å². The highest BCUT2D eigenvalue weighted by Gasteiger charge is 2.45. The van der Waals surface area contributed by atoms with Gasteiger partial charge in [0.1, 0.15) is 11.3 Å². The van der Waals surface area contributed by atoms with Gasteiger partial charge in [-0.05, 0) is 30.5 Å². The normalized spacial score (nSPS) is 24.4. The molecule has 1 amide bonds. The number of carboxylic acids is 1. The number of hydrogen-bond acceptors (Lipinski definition) is 4. The number of ether oxygens (including phenoxy) is 2. The van der Waals surface area contributed by atoms with E-state index in [1.807, 2.05) is 0 Å². The zero-order valence-corrected chi connectivity index (χ0v) is 11.1. The minimum atomic E-state index is -1.08. The van der Waals surface area contributed by atoms with Crippen molar-refractivity contribution in [3.8, 4) is 5.75 Å². The predicted octanol–water partition coefficient (Wildman–Crippen LogP) is 1.29. The van der Waals surface area contributed by atoms with E-state index in [9.17, 15) is 9.59 Å². The highest BCUT2D eigenvalue weighted by molar-refractivity contribution is 6.01. The molecule has 0 aliphatic carbocycles. The first kappa shape index (κ1) is 12.9. The molecule has 106 valence electrons. The third-order valence-corrected chi connectivity index (χ3v) is 4.02. The summed E-state index contributed by atoms with van der Waals surface area (Å²) >= 11 is 0. The number of nitrogens with one attached hydrogen (secondary N) is 1. The Morgan fingerprint density at radius 2 is 2.30 bits per heavy atom. The lowest BCUT2D eigenvalue weighted by atomic mass is 9.77. The molecule has 3 rings (SSSR count). The molecule has 1 atom stereocenters. The second-order valence-corrected chi connectivity index (χ2v) is 5.23. The Morgan fingerprint density at radius 3 is 2.90 bits per heavy atom. The molecule has 0 saturated carbocycles. The van der Waals surface area contributed by atoms with Crippen LogP contribution in [0, 0.1) is 5.41 Å². The molecule has 0 radical (unpaired) electrons. The Balaban J connectivity index is 2.05. The minimum Gasteiger partial charge on any atom is -0.496 e. The van der Waals surface area contributed by atoms with Crippen molar-refractivity contribution in [2.45, 2.75) is 12.8 Å². The molecule has 2 aliphatic heterocycles. The summed E-state index contributed by atoms with van der Waals surface area (Å²) < 4.78 is 10.5. The monoisotopic (exact) mass is 277 g/mol. The summed E-state index contributed by atoms with van der Waals surface area (Å²) in [5.74, 6) is -0.867. The first-order valence-corrected chi connectivity index (χ1v) is 6.39. The van der Waals surface area contributed by atoms with Crippen molar-refractivity contribution < 1.29 is 24.2 Å². The summed E-state index contributed by atoms with van der Waals surface area (Å²) in [6.45, 7) is 0.981. The van der Waals surface area contributed by atoms with Gasteiger partial charge in [-0.15, -0.1) is 0 Å². The van der Waals surface area contributed by atoms with Gasteiger partial charge in [-0.1, -0.05) is 0 Å². The Hall–Kier alpha value is -2.08. The van der Waals surface area contributed by atoms with Gasteiger partial charge in [0.15, 0.2) is 0 Å². The second-order valence-electron chi connectivity index (χ2n) is 5.23. The van der Waals surface area contributed by atoms with Crippen LogP contribution in [-0.2, 0) is 16.0 Å². The molecule has 2 aliphatic rings. The molecule has 1 unspecified atom stereocenters. The van der Waals surface area contributed by atoms with Crippen molar-refractivity contribution in [2.75, 3.05) is 25.6 Å². The van der Waals surface area contributed by atoms with Gasteiger partial charge in [0.05, 0.1) is 19.1 Å². The highest BCUT2D eigenvalue weighted by atomic mass is 16.5. The van der Waals surface area contributed by atoms with E-state index in [4.69, 9.17) is 14.6 Å². The molecule has 1 fully saturated rings. The quantitative estimate of drug-likeness (QED) is 0.851. The second kappa shape index (κ2) is 4.49. The lowest BCUT2D eigenvalue weighted by Gasteiger charge is -2.32. The topological polar surface area (TPSA) is 84.9 Å². The molecule has 2 heterocycles. The zero-order valence-electron chi connectivity index (χ0n) is 11.1. The van der Waals surface area contributed by atoms with Crippen molar-refractivity contribution >= 4 is 17.6 Å². The summed E-state index contributed by atoms with van der Waals surface area (Å²) in [5.41, 5.74) is 0.954. The van der Waals surface area contributed by atoms with Crippen molar-refractivity contribution in [1.82, 2.24) is 0 Å². The Morgan fingerprint density at radius 1 is 1.50 bits per heavy atom. The molecular weight excluding hydrogens is 262 g/mol. The smallest absolute Gasteiger partial charge is 0.339 e. The number of benzene rings is 1. The van der Waals surface area contributed by atoms with Crippen LogP contribution in [0.5, 0.6) is 5.75 Å². The molecule has 1 aromatic rings. The molecule has 20 heavy (non-hydrogen) atoms. The average molecular weight is 277 g/mol. The van der Waals surface area contributed by atoms with Gasteiger partial charge in [0, 0.05) is 12.3 Å². The summed E-state index contributed by atoms with van der Waals surface area (Å²) in [6, 6.07) is 3.15. The van der Waals surface area contributed by atoms with Crippen LogP contribution in [0.3, 0.4) is 0 Å². The Bertz CT molecular complexity index is 589. The van der Waals surface area contributed by atoms with Crippen LogP contribution in [0.4, 0.5) is 5.69 Å². The number of fused-ring (bicyclic) bond motifs is 1. The van der Waals surface area contributed by atoms with Gasteiger partial charge in [0.2, 0.25) is 5.91 Å². The van der Waals surface area contributed by atoms with Gasteiger partial charge in [-0.3, -0.25) is 4.79 Å². The fraction of sp³-hybridized carbons (Fsp3) is 0.429. The van der Waals surface area contributed by atoms with E-state index < -0.39 is 11.4 Å². The van der Waals surface area contributed by atoms with Gasteiger partial charge in [-0.25, -0.2) is 4.79 Å². The lowest BCUT2D eigenvalue weighted by molar-refractivity contribution is -0.126. The first-order valence-electron chi connectivity index (χ1n) is 6.39. The van der Waals surface area contributed by atoms with E-state index in [0.29, 0.717) is 37.5 Å². The molecule has 2 N–H and O–H groups in total. The average Bonchev–Trinajstić information content (AvgIpc) is 2.88. The zero-order chi connectivity index (χ0) is 14.3. The summed E-state index contributed by atoms with van der Waals surface area (Å²) in [6.07, 6.45) is 1.23. The standard InChI is InChI=1S/C14H15NO5/c1-19-11-4-8-6-14(2-3-20-7-14)13(18)15-10(8)5-9(11)12(16)17/h4-5H,2-3,6-7H2,1H3,(H,15,18)(H,16,17). The highest BCUT2D eigenvalue weighted by Crippen LogP contribution is 2.41. The molecule has 0 bridgehead atoms. The fourth-order valence-electron chi connectivity index (χ4n) is 2.85. The van der Waals surface area contributed by atoms with Crippen LogP contribution in [0.2, 0.25) is 0 Å². The van der Waals surface area contributed by atoms with E-state index in [0.717, 1.165) is 5.56 Å². The third-order valence-electron chi connectivity index (χ3n) is 4.02. The number of amides is 1. The summed E-state index contributed by atoms with van der Waals surface area (Å²) in [5, 5.41) is 12.0. The maximum absolute atomic E-state index is 12.2. The van der Waals surface area contributed by atoms with Gasteiger partial charge < -0.3 is 19.9 Å². The Kier molecular flexibility index (Phi) is 2.90. The minimum absolute atomic E-state index is 0.0465. The number of anilines is 1. The van der Waals surface area contributed by atoms with E-state index in [-0.39, 0.29) is 11.5 Å². The fourth-order valence-corrected chi connectivity index (χ4v) is 2.85. The largest absolute Gasteiger partial charge is 0.496 e. The van der Waals surface area contributed by atoms with Crippen molar-refractivity contribution in [3.05, 3.63) is 23.3 Å². The summed E-state index contributed by atoms with van der Waals surface area (Å²) in [4.78, 5) is 23.4. The van der Waals surface area contributed by atoms with Crippen LogP contribution < -0.4 is 10.1 Å². The summed E-state index contributed by atoms with van der Waals surface area (Å²) in [7, 11) is 1.43. The number of carboxylic acid groups (broad SMARTS) is 1. The van der Waals surface area contributed by atoms with Gasteiger partial charge in [-0.2, -0.15) is 0 Å². The third kappa shape index (κ3) is 1.84. The molecular formula is C14H15NO5. The van der Waals surface area contributed by atoms with Gasteiger partial charge >= 0.3 is 5.97 Å². The number of hydrogen-bond donors (Lipinski definition) is 2. The number of methoxy groups -OCH3 is 1. The molecule has 0 aromatic heterocycles. The van der Waals surface area contributed by atoms with E-state index in [1.54, 1.807) is 6.07 Å². The molecule has 6 heteroatoms. The maximum Gasteiger partial charge on any atom is 0.339 e. The van der Waals surface area contributed by atoms with E-state index >= 15 is 0 Å². The molecule has 6 nitrogen and oxygen atoms in total. The van der Waals surface area contributed by atoms with Crippen LogP contribution in [0.15, 0.2) is 12.1 Å². The predicted molar refractivity (Wildman–Crippen MR) is 70.2 cm³/mol. The van der Waals surface area contributed by atoms with Crippen LogP contribution in [0.1, 0.15) is 22.3 Å². The van der Waals surface area contributed by atoms with Crippen LogP contribution in [0.25, 0.3) is 0 Å². The lowest BCUT2D eigenvalue weighted by Crippen LogP contribution is -2.42. The number of carbonyl (C=O) groups is 2. The Labute approximate surface area is 115 Å². The van der Waals surface area contributed by atoms with E-state index in [2.05, 4.69) is 5.32 Å². The molecule has 1 spiro atoms. The SMILES string of the molecule is COc1cc2c(cc1C(=O)O)NC(=O)C1(CCOC1)C2. The molecule has 1 aromatic carbocycles.